The van der Waals surface area contributed by atoms with Gasteiger partial charge in [-0.15, -0.1) is 0 Å². The normalized spacial score (nSPS) is 11.5. The van der Waals surface area contributed by atoms with E-state index in [1.165, 1.54) is 0 Å². The third kappa shape index (κ3) is 7.20. The number of urea groups is 1. The van der Waals surface area contributed by atoms with Crippen molar-refractivity contribution in [2.24, 2.45) is 0 Å². The molecule has 0 aliphatic carbocycles. The van der Waals surface area contributed by atoms with Crippen molar-refractivity contribution >= 4 is 12.0 Å². The molecule has 0 heterocycles. The molecule has 0 aliphatic heterocycles. The molecule has 0 spiro atoms. The number of nitrogens with one attached hydrogen (secondary N) is 2. The van der Waals surface area contributed by atoms with Crippen molar-refractivity contribution < 1.29 is 19.4 Å². The van der Waals surface area contributed by atoms with Gasteiger partial charge in [-0.05, 0) is 37.5 Å². The SMILES string of the molecule is COc1cccc(CC(C)NC(=O)NCCCC(=O)O)c1. The summed E-state index contributed by atoms with van der Waals surface area (Å²) in [4.78, 5) is 22.0. The van der Waals surface area contributed by atoms with E-state index in [4.69, 9.17) is 9.84 Å². The first-order valence-electron chi connectivity index (χ1n) is 6.90. The summed E-state index contributed by atoms with van der Waals surface area (Å²) < 4.78 is 5.15. The Morgan fingerprint density at radius 2 is 2.14 bits per heavy atom. The van der Waals surface area contributed by atoms with Gasteiger partial charge in [0.2, 0.25) is 0 Å². The number of carbonyl (C=O) groups is 2. The van der Waals surface area contributed by atoms with Crippen LogP contribution in [0, 0.1) is 0 Å². The summed E-state index contributed by atoms with van der Waals surface area (Å²) in [7, 11) is 1.62. The second-order valence-electron chi connectivity index (χ2n) is 4.85. The summed E-state index contributed by atoms with van der Waals surface area (Å²) >= 11 is 0. The van der Waals surface area contributed by atoms with Crippen LogP contribution >= 0.6 is 0 Å². The van der Waals surface area contributed by atoms with Gasteiger partial charge in [0.15, 0.2) is 0 Å². The number of carboxylic acids is 1. The van der Waals surface area contributed by atoms with Crippen molar-refractivity contribution in [3.8, 4) is 5.75 Å². The monoisotopic (exact) mass is 294 g/mol. The number of hydrogen-bond donors (Lipinski definition) is 3. The molecule has 116 valence electrons. The number of amides is 2. The van der Waals surface area contributed by atoms with E-state index in [-0.39, 0.29) is 18.5 Å². The molecule has 0 aliphatic rings. The summed E-state index contributed by atoms with van der Waals surface area (Å²) in [6, 6.07) is 7.38. The lowest BCUT2D eigenvalue weighted by molar-refractivity contribution is -0.137. The molecular weight excluding hydrogens is 272 g/mol. The fourth-order valence-corrected chi connectivity index (χ4v) is 1.92. The minimum absolute atomic E-state index is 0.0309. The number of aliphatic carboxylic acids is 1. The van der Waals surface area contributed by atoms with Gasteiger partial charge in [-0.1, -0.05) is 12.1 Å². The first kappa shape index (κ1) is 16.8. The van der Waals surface area contributed by atoms with Crippen LogP contribution in [-0.2, 0) is 11.2 Å². The van der Waals surface area contributed by atoms with Crippen molar-refractivity contribution in [2.75, 3.05) is 13.7 Å². The molecule has 1 rings (SSSR count). The van der Waals surface area contributed by atoms with Gasteiger partial charge >= 0.3 is 12.0 Å². The first-order valence-corrected chi connectivity index (χ1v) is 6.90. The molecule has 21 heavy (non-hydrogen) atoms. The van der Waals surface area contributed by atoms with Gasteiger partial charge in [0.25, 0.3) is 0 Å². The number of carbonyl (C=O) groups excluding carboxylic acids is 1. The van der Waals surface area contributed by atoms with Crippen LogP contribution in [0.3, 0.4) is 0 Å². The summed E-state index contributed by atoms with van der Waals surface area (Å²) in [6.45, 7) is 2.26. The average Bonchev–Trinajstić information content (AvgIpc) is 2.43. The number of ether oxygens (including phenoxy) is 1. The lowest BCUT2D eigenvalue weighted by Crippen LogP contribution is -2.42. The largest absolute Gasteiger partial charge is 0.497 e. The minimum atomic E-state index is -0.858. The van der Waals surface area contributed by atoms with Crippen LogP contribution in [0.15, 0.2) is 24.3 Å². The Kier molecular flexibility index (Phi) is 7.08. The highest BCUT2D eigenvalue weighted by Crippen LogP contribution is 2.13. The maximum Gasteiger partial charge on any atom is 0.315 e. The Morgan fingerprint density at radius 3 is 2.81 bits per heavy atom. The standard InChI is InChI=1S/C15H22N2O4/c1-11(9-12-5-3-6-13(10-12)21-2)17-15(20)16-8-4-7-14(18)19/h3,5-6,10-11H,4,7-9H2,1-2H3,(H,18,19)(H2,16,17,20). The Labute approximate surface area is 124 Å². The molecule has 6 nitrogen and oxygen atoms in total. The summed E-state index contributed by atoms with van der Waals surface area (Å²) in [6.07, 6.45) is 1.17. The van der Waals surface area contributed by atoms with Crippen LogP contribution in [0.5, 0.6) is 5.75 Å². The minimum Gasteiger partial charge on any atom is -0.497 e. The van der Waals surface area contributed by atoms with Crippen molar-refractivity contribution in [1.82, 2.24) is 10.6 Å². The quantitative estimate of drug-likeness (QED) is 0.638. The van der Waals surface area contributed by atoms with Crippen molar-refractivity contribution in [1.29, 1.82) is 0 Å². The number of rotatable bonds is 8. The smallest absolute Gasteiger partial charge is 0.315 e. The lowest BCUT2D eigenvalue weighted by atomic mass is 10.1. The van der Waals surface area contributed by atoms with Crippen LogP contribution in [0.4, 0.5) is 4.79 Å². The molecule has 0 radical (unpaired) electrons. The zero-order valence-electron chi connectivity index (χ0n) is 12.4. The van der Waals surface area contributed by atoms with Crippen LogP contribution in [0.1, 0.15) is 25.3 Å². The van der Waals surface area contributed by atoms with Gasteiger partial charge in [0.1, 0.15) is 5.75 Å². The van der Waals surface area contributed by atoms with Gasteiger partial charge in [-0.3, -0.25) is 4.79 Å². The van der Waals surface area contributed by atoms with Crippen molar-refractivity contribution in [2.45, 2.75) is 32.2 Å². The highest BCUT2D eigenvalue weighted by atomic mass is 16.5. The molecule has 0 aromatic heterocycles. The molecule has 0 bridgehead atoms. The van der Waals surface area contributed by atoms with Crippen LogP contribution in [0.25, 0.3) is 0 Å². The topological polar surface area (TPSA) is 87.7 Å². The molecule has 3 N–H and O–H groups in total. The van der Waals surface area contributed by atoms with Crippen molar-refractivity contribution in [3.63, 3.8) is 0 Å². The van der Waals surface area contributed by atoms with E-state index < -0.39 is 5.97 Å². The molecule has 6 heteroatoms. The second kappa shape index (κ2) is 8.84. The Hall–Kier alpha value is -2.24. The first-order chi connectivity index (χ1) is 10.0. The van der Waals surface area contributed by atoms with E-state index in [9.17, 15) is 9.59 Å². The highest BCUT2D eigenvalue weighted by molar-refractivity contribution is 5.74. The van der Waals surface area contributed by atoms with Crippen LogP contribution < -0.4 is 15.4 Å². The van der Waals surface area contributed by atoms with Crippen molar-refractivity contribution in [3.05, 3.63) is 29.8 Å². The summed E-state index contributed by atoms with van der Waals surface area (Å²) in [5.41, 5.74) is 1.08. The molecule has 1 aromatic carbocycles. The number of hydrogen-bond acceptors (Lipinski definition) is 3. The molecular formula is C15H22N2O4. The molecule has 2 amide bonds. The molecule has 1 unspecified atom stereocenters. The average molecular weight is 294 g/mol. The van der Waals surface area contributed by atoms with E-state index in [2.05, 4.69) is 10.6 Å². The zero-order valence-corrected chi connectivity index (χ0v) is 12.4. The second-order valence-corrected chi connectivity index (χ2v) is 4.85. The molecule has 0 fully saturated rings. The number of benzene rings is 1. The maximum absolute atomic E-state index is 11.6. The highest BCUT2D eigenvalue weighted by Gasteiger charge is 2.08. The van der Waals surface area contributed by atoms with Gasteiger partial charge < -0.3 is 20.5 Å². The molecule has 0 saturated carbocycles. The van der Waals surface area contributed by atoms with E-state index in [0.29, 0.717) is 19.4 Å². The third-order valence-corrected chi connectivity index (χ3v) is 2.91. The molecule has 1 aromatic rings. The van der Waals surface area contributed by atoms with Gasteiger partial charge in [-0.2, -0.15) is 0 Å². The Morgan fingerprint density at radius 1 is 1.38 bits per heavy atom. The predicted molar refractivity (Wildman–Crippen MR) is 79.6 cm³/mol. The van der Waals surface area contributed by atoms with Gasteiger partial charge in [0, 0.05) is 19.0 Å². The summed E-state index contributed by atoms with van der Waals surface area (Å²) in [5.74, 6) is -0.0681. The van der Waals surface area contributed by atoms with E-state index in [0.717, 1.165) is 11.3 Å². The molecule has 1 atom stereocenters. The summed E-state index contributed by atoms with van der Waals surface area (Å²) in [5, 5.41) is 13.9. The number of methoxy groups -OCH3 is 1. The van der Waals surface area contributed by atoms with Crippen LogP contribution in [0.2, 0.25) is 0 Å². The van der Waals surface area contributed by atoms with Crippen LogP contribution in [-0.4, -0.2) is 36.8 Å². The van der Waals surface area contributed by atoms with Gasteiger partial charge in [-0.25, -0.2) is 4.79 Å². The zero-order chi connectivity index (χ0) is 15.7. The fraction of sp³-hybridized carbons (Fsp3) is 0.467. The van der Waals surface area contributed by atoms with Gasteiger partial charge in [0.05, 0.1) is 7.11 Å². The van der Waals surface area contributed by atoms with E-state index in [1.807, 2.05) is 31.2 Å². The van der Waals surface area contributed by atoms with E-state index >= 15 is 0 Å². The predicted octanol–water partition coefficient (Wildman–Crippen LogP) is 1.79. The molecule has 0 saturated heterocycles. The fourth-order valence-electron chi connectivity index (χ4n) is 1.92. The Bertz CT molecular complexity index is 476. The van der Waals surface area contributed by atoms with E-state index in [1.54, 1.807) is 7.11 Å². The Balaban J connectivity index is 2.30. The third-order valence-electron chi connectivity index (χ3n) is 2.91. The number of carboxylic acid groups (broad SMARTS) is 1. The maximum atomic E-state index is 11.6. The lowest BCUT2D eigenvalue weighted by Gasteiger charge is -2.15.